The van der Waals surface area contributed by atoms with Gasteiger partial charge in [-0.25, -0.2) is 9.97 Å². The number of rotatable bonds is 4. The van der Waals surface area contributed by atoms with Crippen LogP contribution < -0.4 is 5.73 Å². The van der Waals surface area contributed by atoms with Crippen LogP contribution in [0.25, 0.3) is 0 Å². The van der Waals surface area contributed by atoms with Crippen molar-refractivity contribution in [3.8, 4) is 0 Å². The highest BCUT2D eigenvalue weighted by molar-refractivity contribution is 7.99. The summed E-state index contributed by atoms with van der Waals surface area (Å²) in [6.45, 7) is 4.45. The zero-order chi connectivity index (χ0) is 13.8. The van der Waals surface area contributed by atoms with Crippen molar-refractivity contribution < 1.29 is 0 Å². The molecule has 0 fully saturated rings. The zero-order valence-electron chi connectivity index (χ0n) is 10.9. The van der Waals surface area contributed by atoms with Gasteiger partial charge < -0.3 is 5.73 Å². The van der Waals surface area contributed by atoms with Crippen molar-refractivity contribution in [3.63, 3.8) is 0 Å². The lowest BCUT2D eigenvalue weighted by molar-refractivity contribution is 0.878. The van der Waals surface area contributed by atoms with E-state index in [9.17, 15) is 0 Å². The topological polar surface area (TPSA) is 51.8 Å². The van der Waals surface area contributed by atoms with Crippen molar-refractivity contribution in [1.82, 2.24) is 9.97 Å². The molecule has 3 nitrogen and oxygen atoms in total. The highest BCUT2D eigenvalue weighted by atomic mass is 35.5. The maximum absolute atomic E-state index is 6.02. The van der Waals surface area contributed by atoms with Gasteiger partial charge in [0.05, 0.1) is 0 Å². The van der Waals surface area contributed by atoms with E-state index < -0.39 is 0 Å². The van der Waals surface area contributed by atoms with E-state index >= 15 is 0 Å². The molecule has 0 saturated carbocycles. The Morgan fingerprint density at radius 1 is 1.21 bits per heavy atom. The van der Waals surface area contributed by atoms with E-state index in [1.807, 2.05) is 44.2 Å². The molecule has 2 N–H and O–H groups in total. The van der Waals surface area contributed by atoms with Crippen molar-refractivity contribution >= 4 is 23.4 Å². The number of nitrogens with two attached hydrogens (primary N) is 1. The summed E-state index contributed by atoms with van der Waals surface area (Å²) in [7, 11) is 0. The summed E-state index contributed by atoms with van der Waals surface area (Å²) < 4.78 is 0. The molecule has 0 aliphatic carbocycles. The fourth-order valence-electron chi connectivity index (χ4n) is 1.83. The molecule has 2 aromatic rings. The Hall–Kier alpha value is -1.10. The van der Waals surface area contributed by atoms with E-state index in [0.29, 0.717) is 6.54 Å². The number of thioether (sulfide) groups is 1. The Balaban J connectivity index is 2.23. The Morgan fingerprint density at radius 3 is 2.47 bits per heavy atom. The van der Waals surface area contributed by atoms with Crippen LogP contribution in [0.3, 0.4) is 0 Å². The maximum Gasteiger partial charge on any atom is 0.188 e. The molecule has 1 heterocycles. The molecular weight excluding hydrogens is 278 g/mol. The van der Waals surface area contributed by atoms with Gasteiger partial charge in [0.25, 0.3) is 0 Å². The summed E-state index contributed by atoms with van der Waals surface area (Å²) in [6.07, 6.45) is 0. The average Bonchev–Trinajstić information content (AvgIpc) is 2.34. The van der Waals surface area contributed by atoms with Crippen LogP contribution >= 0.6 is 23.4 Å². The van der Waals surface area contributed by atoms with Gasteiger partial charge in [0.2, 0.25) is 0 Å². The molecule has 0 amide bonds. The Kier molecular flexibility index (Phi) is 4.80. The lowest BCUT2D eigenvalue weighted by Crippen LogP contribution is -2.10. The number of halogens is 1. The molecule has 19 heavy (non-hydrogen) atoms. The summed E-state index contributed by atoms with van der Waals surface area (Å²) in [5.41, 5.74) is 8.90. The standard InChI is InChI=1S/C14H16ClN3S/c1-9-6-10(2)18-14(17-9)19-13(8-16)11-4-3-5-12(15)7-11/h3-7,13H,8,16H2,1-2H3. The summed E-state index contributed by atoms with van der Waals surface area (Å²) >= 11 is 7.59. The van der Waals surface area contributed by atoms with Crippen molar-refractivity contribution in [1.29, 1.82) is 0 Å². The summed E-state index contributed by atoms with van der Waals surface area (Å²) in [4.78, 5) is 8.87. The van der Waals surface area contributed by atoms with E-state index in [2.05, 4.69) is 9.97 Å². The predicted molar refractivity (Wildman–Crippen MR) is 80.6 cm³/mol. The van der Waals surface area contributed by atoms with Gasteiger partial charge in [0.1, 0.15) is 0 Å². The minimum absolute atomic E-state index is 0.111. The molecule has 1 atom stereocenters. The van der Waals surface area contributed by atoms with Crippen LogP contribution in [0.2, 0.25) is 5.02 Å². The quantitative estimate of drug-likeness (QED) is 0.692. The van der Waals surface area contributed by atoms with Crippen molar-refractivity contribution in [2.45, 2.75) is 24.3 Å². The van der Waals surface area contributed by atoms with Crippen molar-refractivity contribution in [2.75, 3.05) is 6.54 Å². The highest BCUT2D eigenvalue weighted by Gasteiger charge is 2.14. The molecule has 0 aliphatic heterocycles. The fraction of sp³-hybridized carbons (Fsp3) is 0.286. The number of aromatic nitrogens is 2. The molecule has 1 aromatic heterocycles. The Bertz CT molecular complexity index is 554. The summed E-state index contributed by atoms with van der Waals surface area (Å²) in [5.74, 6) is 0. The van der Waals surface area contributed by atoms with E-state index in [-0.39, 0.29) is 5.25 Å². The van der Waals surface area contributed by atoms with Crippen LogP contribution in [0.4, 0.5) is 0 Å². The average molecular weight is 294 g/mol. The lowest BCUT2D eigenvalue weighted by Gasteiger charge is -2.14. The molecule has 1 unspecified atom stereocenters. The third-order valence-corrected chi connectivity index (χ3v) is 4.02. The van der Waals surface area contributed by atoms with Gasteiger partial charge >= 0.3 is 0 Å². The second-order valence-corrected chi connectivity index (χ2v) is 5.94. The molecule has 100 valence electrons. The highest BCUT2D eigenvalue weighted by Crippen LogP contribution is 2.33. The van der Waals surface area contributed by atoms with Crippen LogP contribution in [0.15, 0.2) is 35.5 Å². The number of hydrogen-bond donors (Lipinski definition) is 1. The van der Waals surface area contributed by atoms with E-state index in [0.717, 1.165) is 27.1 Å². The van der Waals surface area contributed by atoms with E-state index in [4.69, 9.17) is 17.3 Å². The van der Waals surface area contributed by atoms with E-state index in [1.165, 1.54) is 0 Å². The summed E-state index contributed by atoms with van der Waals surface area (Å²) in [5, 5.41) is 1.59. The monoisotopic (exact) mass is 293 g/mol. The van der Waals surface area contributed by atoms with Gasteiger partial charge in [-0.3, -0.25) is 0 Å². The zero-order valence-corrected chi connectivity index (χ0v) is 12.5. The second-order valence-electron chi connectivity index (χ2n) is 4.33. The Morgan fingerprint density at radius 2 is 1.89 bits per heavy atom. The first-order valence-corrected chi connectivity index (χ1v) is 7.28. The molecule has 0 spiro atoms. The maximum atomic E-state index is 6.02. The van der Waals surface area contributed by atoms with E-state index in [1.54, 1.807) is 11.8 Å². The van der Waals surface area contributed by atoms with Crippen molar-refractivity contribution in [2.24, 2.45) is 5.73 Å². The molecule has 0 saturated heterocycles. The van der Waals surface area contributed by atoms with Gasteiger partial charge in [0, 0.05) is 28.2 Å². The van der Waals surface area contributed by atoms with Gasteiger partial charge in [0.15, 0.2) is 5.16 Å². The SMILES string of the molecule is Cc1cc(C)nc(SC(CN)c2cccc(Cl)c2)n1. The predicted octanol–water partition coefficient (Wildman–Crippen LogP) is 3.54. The largest absolute Gasteiger partial charge is 0.329 e. The molecule has 5 heteroatoms. The molecule has 0 bridgehead atoms. The first-order valence-electron chi connectivity index (χ1n) is 6.03. The second kappa shape index (κ2) is 6.37. The molecule has 1 aromatic carbocycles. The minimum atomic E-state index is 0.111. The van der Waals surface area contributed by atoms with Gasteiger partial charge in [-0.1, -0.05) is 35.5 Å². The van der Waals surface area contributed by atoms with Gasteiger partial charge in [-0.05, 0) is 37.6 Å². The van der Waals surface area contributed by atoms with Crippen LogP contribution in [0, 0.1) is 13.8 Å². The third-order valence-electron chi connectivity index (χ3n) is 2.64. The Labute approximate surface area is 122 Å². The minimum Gasteiger partial charge on any atom is -0.329 e. The van der Waals surface area contributed by atoms with Crippen molar-refractivity contribution in [3.05, 3.63) is 52.3 Å². The first kappa shape index (κ1) is 14.3. The van der Waals surface area contributed by atoms with Crippen LogP contribution in [0.1, 0.15) is 22.2 Å². The van der Waals surface area contributed by atoms with Crippen LogP contribution in [0.5, 0.6) is 0 Å². The molecule has 0 aliphatic rings. The fourth-order valence-corrected chi connectivity index (χ4v) is 3.06. The first-order chi connectivity index (χ1) is 9.08. The van der Waals surface area contributed by atoms with Gasteiger partial charge in [-0.2, -0.15) is 0 Å². The van der Waals surface area contributed by atoms with Crippen LogP contribution in [-0.2, 0) is 0 Å². The number of aryl methyl sites for hydroxylation is 2. The molecular formula is C14H16ClN3S. The molecule has 0 radical (unpaired) electrons. The third kappa shape index (κ3) is 3.93. The number of nitrogens with zero attached hydrogens (tertiary/aromatic N) is 2. The van der Waals surface area contributed by atoms with Crippen LogP contribution in [-0.4, -0.2) is 16.5 Å². The normalized spacial score (nSPS) is 12.4. The lowest BCUT2D eigenvalue weighted by atomic mass is 10.1. The van der Waals surface area contributed by atoms with Gasteiger partial charge in [-0.15, -0.1) is 0 Å². The smallest absolute Gasteiger partial charge is 0.188 e. The summed E-state index contributed by atoms with van der Waals surface area (Å²) in [6, 6.07) is 9.72. The number of benzene rings is 1. The molecule has 2 rings (SSSR count). The number of hydrogen-bond acceptors (Lipinski definition) is 4.